The maximum atomic E-state index is 12.1. The van der Waals surface area contributed by atoms with E-state index >= 15 is 0 Å². The van der Waals surface area contributed by atoms with Gasteiger partial charge in [0.1, 0.15) is 0 Å². The van der Waals surface area contributed by atoms with Crippen molar-refractivity contribution < 1.29 is 4.79 Å². The van der Waals surface area contributed by atoms with Gasteiger partial charge >= 0.3 is 0 Å². The van der Waals surface area contributed by atoms with Crippen LogP contribution in [0.5, 0.6) is 0 Å². The minimum atomic E-state index is -0.393. The molecule has 4 heteroatoms. The molecule has 1 saturated heterocycles. The SMILES string of the molecule is C[C@H](N)C(=O)N1CCC[C@H]1CN(C)Cc1ccccc1. The van der Waals surface area contributed by atoms with Gasteiger partial charge in [-0.05, 0) is 32.4 Å². The predicted molar refractivity (Wildman–Crippen MR) is 81.2 cm³/mol. The van der Waals surface area contributed by atoms with Gasteiger partial charge in [0.15, 0.2) is 0 Å². The van der Waals surface area contributed by atoms with Crippen LogP contribution in [0.25, 0.3) is 0 Å². The van der Waals surface area contributed by atoms with Crippen molar-refractivity contribution in [3.63, 3.8) is 0 Å². The summed E-state index contributed by atoms with van der Waals surface area (Å²) < 4.78 is 0. The number of hydrogen-bond donors (Lipinski definition) is 1. The zero-order chi connectivity index (χ0) is 14.5. The summed E-state index contributed by atoms with van der Waals surface area (Å²) in [5.74, 6) is 0.0839. The lowest BCUT2D eigenvalue weighted by Gasteiger charge is -2.30. The summed E-state index contributed by atoms with van der Waals surface area (Å²) in [4.78, 5) is 16.3. The quantitative estimate of drug-likeness (QED) is 0.885. The minimum absolute atomic E-state index is 0.0839. The maximum Gasteiger partial charge on any atom is 0.239 e. The Bertz CT molecular complexity index is 433. The molecule has 110 valence electrons. The Balaban J connectivity index is 1.90. The van der Waals surface area contributed by atoms with Crippen LogP contribution in [-0.4, -0.2) is 47.9 Å². The molecule has 0 unspecified atom stereocenters. The van der Waals surface area contributed by atoms with Crippen molar-refractivity contribution in [3.05, 3.63) is 35.9 Å². The number of nitrogens with two attached hydrogens (primary N) is 1. The van der Waals surface area contributed by atoms with Crippen molar-refractivity contribution >= 4 is 5.91 Å². The van der Waals surface area contributed by atoms with Crippen LogP contribution in [0.3, 0.4) is 0 Å². The summed E-state index contributed by atoms with van der Waals surface area (Å²) in [6.07, 6.45) is 2.17. The lowest BCUT2D eigenvalue weighted by Crippen LogP contribution is -2.47. The molecule has 1 aliphatic heterocycles. The second-order valence-electron chi connectivity index (χ2n) is 5.80. The topological polar surface area (TPSA) is 49.6 Å². The fourth-order valence-electron chi connectivity index (χ4n) is 2.90. The zero-order valence-corrected chi connectivity index (χ0v) is 12.5. The van der Waals surface area contributed by atoms with E-state index in [2.05, 4.69) is 36.2 Å². The number of likely N-dealkylation sites (N-methyl/N-ethyl adjacent to an activating group) is 1. The highest BCUT2D eigenvalue weighted by Crippen LogP contribution is 2.19. The van der Waals surface area contributed by atoms with Gasteiger partial charge in [-0.15, -0.1) is 0 Å². The van der Waals surface area contributed by atoms with Gasteiger partial charge in [0.05, 0.1) is 6.04 Å². The Labute approximate surface area is 121 Å². The van der Waals surface area contributed by atoms with Crippen LogP contribution in [0.4, 0.5) is 0 Å². The van der Waals surface area contributed by atoms with E-state index < -0.39 is 6.04 Å². The first kappa shape index (κ1) is 15.0. The van der Waals surface area contributed by atoms with Crippen LogP contribution in [0.2, 0.25) is 0 Å². The van der Waals surface area contributed by atoms with E-state index in [9.17, 15) is 4.79 Å². The van der Waals surface area contributed by atoms with E-state index in [1.807, 2.05) is 11.0 Å². The molecule has 2 N–H and O–H groups in total. The molecule has 0 bridgehead atoms. The Morgan fingerprint density at radius 1 is 1.45 bits per heavy atom. The Morgan fingerprint density at radius 3 is 2.80 bits per heavy atom. The molecule has 2 rings (SSSR count). The molecule has 0 aliphatic carbocycles. The number of benzene rings is 1. The second kappa shape index (κ2) is 6.86. The molecule has 1 amide bonds. The largest absolute Gasteiger partial charge is 0.337 e. The van der Waals surface area contributed by atoms with E-state index in [1.54, 1.807) is 6.92 Å². The van der Waals surface area contributed by atoms with Gasteiger partial charge in [0.2, 0.25) is 5.91 Å². The Kier molecular flexibility index (Phi) is 5.15. The average Bonchev–Trinajstić information content (AvgIpc) is 2.86. The summed E-state index contributed by atoms with van der Waals surface area (Å²) in [5.41, 5.74) is 7.03. The summed E-state index contributed by atoms with van der Waals surface area (Å²) in [7, 11) is 2.11. The molecule has 0 spiro atoms. The highest BCUT2D eigenvalue weighted by molar-refractivity contribution is 5.81. The zero-order valence-electron chi connectivity index (χ0n) is 12.5. The average molecular weight is 275 g/mol. The van der Waals surface area contributed by atoms with E-state index in [0.717, 1.165) is 32.5 Å². The standard InChI is InChI=1S/C16H25N3O/c1-13(17)16(20)19-10-6-9-15(19)12-18(2)11-14-7-4-3-5-8-14/h3-5,7-8,13,15H,6,9-12,17H2,1-2H3/t13-,15-/m0/s1. The molecule has 1 aromatic rings. The fraction of sp³-hybridized carbons (Fsp3) is 0.562. The van der Waals surface area contributed by atoms with Crippen LogP contribution < -0.4 is 5.73 Å². The lowest BCUT2D eigenvalue weighted by atomic mass is 10.1. The van der Waals surface area contributed by atoms with Crippen molar-refractivity contribution in [1.82, 2.24) is 9.80 Å². The maximum absolute atomic E-state index is 12.1. The number of nitrogens with zero attached hydrogens (tertiary/aromatic N) is 2. The van der Waals surface area contributed by atoms with Crippen LogP contribution in [-0.2, 0) is 11.3 Å². The highest BCUT2D eigenvalue weighted by Gasteiger charge is 2.30. The Morgan fingerprint density at radius 2 is 2.15 bits per heavy atom. The molecule has 20 heavy (non-hydrogen) atoms. The third-order valence-corrected chi connectivity index (χ3v) is 3.87. The van der Waals surface area contributed by atoms with Crippen LogP contribution in [0.15, 0.2) is 30.3 Å². The first-order chi connectivity index (χ1) is 9.58. The Hall–Kier alpha value is -1.39. The molecule has 2 atom stereocenters. The number of hydrogen-bond acceptors (Lipinski definition) is 3. The molecule has 0 saturated carbocycles. The summed E-state index contributed by atoms with van der Waals surface area (Å²) in [5, 5.41) is 0. The van der Waals surface area contributed by atoms with E-state index in [0.29, 0.717) is 6.04 Å². The molecule has 1 aromatic carbocycles. The minimum Gasteiger partial charge on any atom is -0.337 e. The van der Waals surface area contributed by atoms with Crippen molar-refractivity contribution in [3.8, 4) is 0 Å². The molecule has 1 aliphatic rings. The third kappa shape index (κ3) is 3.81. The van der Waals surface area contributed by atoms with Gasteiger partial charge in [0, 0.05) is 25.7 Å². The highest BCUT2D eigenvalue weighted by atomic mass is 16.2. The predicted octanol–water partition coefficient (Wildman–Crippen LogP) is 1.46. The summed E-state index contributed by atoms with van der Waals surface area (Å²) in [6, 6.07) is 10.3. The third-order valence-electron chi connectivity index (χ3n) is 3.87. The normalized spacial score (nSPS) is 20.4. The first-order valence-corrected chi connectivity index (χ1v) is 7.36. The van der Waals surface area contributed by atoms with Gasteiger partial charge in [0.25, 0.3) is 0 Å². The second-order valence-corrected chi connectivity index (χ2v) is 5.80. The lowest BCUT2D eigenvalue weighted by molar-refractivity contribution is -0.133. The van der Waals surface area contributed by atoms with Gasteiger partial charge in [-0.2, -0.15) is 0 Å². The van der Waals surface area contributed by atoms with E-state index in [4.69, 9.17) is 5.73 Å². The monoisotopic (exact) mass is 275 g/mol. The molecular weight excluding hydrogens is 250 g/mol. The first-order valence-electron chi connectivity index (χ1n) is 7.36. The molecule has 0 aromatic heterocycles. The summed E-state index contributed by atoms with van der Waals surface area (Å²) >= 11 is 0. The van der Waals surface area contributed by atoms with Crippen molar-refractivity contribution in [2.45, 2.75) is 38.4 Å². The summed E-state index contributed by atoms with van der Waals surface area (Å²) in [6.45, 7) is 4.44. The fourth-order valence-corrected chi connectivity index (χ4v) is 2.90. The van der Waals surface area contributed by atoms with Gasteiger partial charge < -0.3 is 15.5 Å². The van der Waals surface area contributed by atoms with E-state index in [1.165, 1.54) is 5.56 Å². The van der Waals surface area contributed by atoms with E-state index in [-0.39, 0.29) is 5.91 Å². The van der Waals surface area contributed by atoms with Crippen molar-refractivity contribution in [2.24, 2.45) is 5.73 Å². The van der Waals surface area contributed by atoms with Gasteiger partial charge in [-0.3, -0.25) is 4.79 Å². The van der Waals surface area contributed by atoms with Crippen molar-refractivity contribution in [2.75, 3.05) is 20.1 Å². The molecule has 1 fully saturated rings. The molecule has 0 radical (unpaired) electrons. The number of carbonyl (C=O) groups is 1. The van der Waals surface area contributed by atoms with Gasteiger partial charge in [-0.1, -0.05) is 30.3 Å². The van der Waals surface area contributed by atoms with Crippen molar-refractivity contribution in [1.29, 1.82) is 0 Å². The number of amides is 1. The number of carbonyl (C=O) groups excluding carboxylic acids is 1. The van der Waals surface area contributed by atoms with Crippen LogP contribution in [0.1, 0.15) is 25.3 Å². The van der Waals surface area contributed by atoms with Gasteiger partial charge in [-0.25, -0.2) is 0 Å². The van der Waals surface area contributed by atoms with Crippen LogP contribution >= 0.6 is 0 Å². The number of likely N-dealkylation sites (tertiary alicyclic amines) is 1. The number of rotatable bonds is 5. The molecule has 4 nitrogen and oxygen atoms in total. The molecular formula is C16H25N3O. The molecule has 1 heterocycles. The smallest absolute Gasteiger partial charge is 0.239 e. The van der Waals surface area contributed by atoms with Crippen LogP contribution in [0, 0.1) is 0 Å².